The van der Waals surface area contributed by atoms with Crippen molar-refractivity contribution >= 4 is 5.69 Å². The number of anilines is 1. The molecule has 1 N–H and O–H groups in total. The number of aliphatic hydroxyl groups is 1. The Morgan fingerprint density at radius 2 is 1.70 bits per heavy atom. The van der Waals surface area contributed by atoms with E-state index in [4.69, 9.17) is 5.11 Å². The van der Waals surface area contributed by atoms with E-state index >= 15 is 0 Å². The molecule has 0 amide bonds. The van der Waals surface area contributed by atoms with Crippen LogP contribution in [0.3, 0.4) is 0 Å². The number of rotatable bonds is 4. The number of alkyl halides is 6. The minimum atomic E-state index is -4.70. The fraction of sp³-hybridized carbons (Fsp3) is 0.500. The number of hydrogen-bond donors (Lipinski definition) is 1. The number of aliphatic hydroxyl groups excluding tert-OH is 1. The SMILES string of the molecule is CN(CCC(F)(F)F)c1ccc(CO)cc1C(F)(F)F. The van der Waals surface area contributed by atoms with Gasteiger partial charge in [-0.25, -0.2) is 0 Å². The second-order valence-corrected chi connectivity index (χ2v) is 4.29. The highest BCUT2D eigenvalue weighted by molar-refractivity contribution is 5.56. The van der Waals surface area contributed by atoms with Gasteiger partial charge in [0.15, 0.2) is 0 Å². The van der Waals surface area contributed by atoms with Crippen LogP contribution in [-0.4, -0.2) is 24.9 Å². The summed E-state index contributed by atoms with van der Waals surface area (Å²) in [6.07, 6.45) is -10.3. The molecular weight excluding hydrogens is 288 g/mol. The van der Waals surface area contributed by atoms with E-state index in [1.165, 1.54) is 6.07 Å². The fourth-order valence-corrected chi connectivity index (χ4v) is 1.66. The van der Waals surface area contributed by atoms with Crippen molar-refractivity contribution in [3.63, 3.8) is 0 Å². The second kappa shape index (κ2) is 5.90. The molecule has 0 aliphatic carbocycles. The van der Waals surface area contributed by atoms with E-state index in [0.29, 0.717) is 0 Å². The molecule has 2 nitrogen and oxygen atoms in total. The highest BCUT2D eigenvalue weighted by atomic mass is 19.4. The standard InChI is InChI=1S/C12H13F6NO/c1-19(5-4-11(13,14)15)10-3-2-8(7-20)6-9(10)12(16,17)18/h2-3,6,20H,4-5,7H2,1H3. The zero-order chi connectivity index (χ0) is 15.6. The molecule has 0 atom stereocenters. The van der Waals surface area contributed by atoms with Gasteiger partial charge < -0.3 is 10.0 Å². The van der Waals surface area contributed by atoms with Crippen LogP contribution in [-0.2, 0) is 12.8 Å². The van der Waals surface area contributed by atoms with Crippen molar-refractivity contribution < 1.29 is 31.4 Å². The Bertz CT molecular complexity index is 454. The van der Waals surface area contributed by atoms with Gasteiger partial charge in [0.2, 0.25) is 0 Å². The Balaban J connectivity index is 3.04. The lowest BCUT2D eigenvalue weighted by Gasteiger charge is -2.24. The molecule has 1 rings (SSSR count). The van der Waals surface area contributed by atoms with Crippen LogP contribution in [0.15, 0.2) is 18.2 Å². The van der Waals surface area contributed by atoms with Gasteiger partial charge in [-0.15, -0.1) is 0 Å². The summed E-state index contributed by atoms with van der Waals surface area (Å²) in [5.74, 6) is 0. The number of nitrogens with zero attached hydrogens (tertiary/aromatic N) is 1. The summed E-state index contributed by atoms with van der Waals surface area (Å²) in [5.41, 5.74) is -1.36. The van der Waals surface area contributed by atoms with Crippen molar-refractivity contribution in [2.75, 3.05) is 18.5 Å². The predicted molar refractivity (Wildman–Crippen MR) is 61.3 cm³/mol. The summed E-state index contributed by atoms with van der Waals surface area (Å²) >= 11 is 0. The van der Waals surface area contributed by atoms with Crippen LogP contribution in [0.4, 0.5) is 32.0 Å². The van der Waals surface area contributed by atoms with Gasteiger partial charge in [0.05, 0.1) is 18.6 Å². The molecule has 0 fully saturated rings. The van der Waals surface area contributed by atoms with Crippen LogP contribution >= 0.6 is 0 Å². The van der Waals surface area contributed by atoms with Crippen LogP contribution in [0, 0.1) is 0 Å². The fourth-order valence-electron chi connectivity index (χ4n) is 1.66. The Labute approximate surface area is 111 Å². The van der Waals surface area contributed by atoms with Gasteiger partial charge in [-0.1, -0.05) is 6.07 Å². The van der Waals surface area contributed by atoms with Crippen molar-refractivity contribution in [1.82, 2.24) is 0 Å². The topological polar surface area (TPSA) is 23.5 Å². The van der Waals surface area contributed by atoms with E-state index in [1.807, 2.05) is 0 Å². The Morgan fingerprint density at radius 3 is 2.15 bits per heavy atom. The summed E-state index contributed by atoms with van der Waals surface area (Å²) in [7, 11) is 1.16. The van der Waals surface area contributed by atoms with Crippen molar-refractivity contribution in [2.45, 2.75) is 25.4 Å². The molecule has 114 valence electrons. The zero-order valence-electron chi connectivity index (χ0n) is 10.5. The Hall–Kier alpha value is -1.44. The lowest BCUT2D eigenvalue weighted by Crippen LogP contribution is -2.26. The smallest absolute Gasteiger partial charge is 0.392 e. The summed E-state index contributed by atoms with van der Waals surface area (Å²) in [6.45, 7) is -1.15. The van der Waals surface area contributed by atoms with E-state index in [-0.39, 0.29) is 11.3 Å². The Morgan fingerprint density at radius 1 is 1.10 bits per heavy atom. The first-order valence-corrected chi connectivity index (χ1v) is 5.63. The molecule has 0 saturated heterocycles. The molecule has 0 spiro atoms. The number of benzene rings is 1. The second-order valence-electron chi connectivity index (χ2n) is 4.29. The minimum absolute atomic E-state index is 0.0466. The van der Waals surface area contributed by atoms with Gasteiger partial charge in [0.1, 0.15) is 0 Å². The molecule has 8 heteroatoms. The zero-order valence-corrected chi connectivity index (χ0v) is 10.5. The number of halogens is 6. The van der Waals surface area contributed by atoms with Crippen molar-refractivity contribution in [2.24, 2.45) is 0 Å². The molecule has 0 aliphatic heterocycles. The first-order chi connectivity index (χ1) is 9.04. The highest BCUT2D eigenvalue weighted by Gasteiger charge is 2.35. The quantitative estimate of drug-likeness (QED) is 0.859. The largest absolute Gasteiger partial charge is 0.418 e. The molecule has 0 aliphatic rings. The lowest BCUT2D eigenvalue weighted by atomic mass is 10.1. The summed E-state index contributed by atoms with van der Waals surface area (Å²) < 4.78 is 74.9. The van der Waals surface area contributed by atoms with E-state index in [2.05, 4.69) is 0 Å². The summed E-state index contributed by atoms with van der Waals surface area (Å²) in [6, 6.07) is 3.04. The Kier molecular flexibility index (Phi) is 4.90. The van der Waals surface area contributed by atoms with Crippen LogP contribution < -0.4 is 4.90 Å². The molecule has 0 heterocycles. The molecule has 1 aromatic rings. The van der Waals surface area contributed by atoms with E-state index in [0.717, 1.165) is 24.1 Å². The summed E-state index contributed by atoms with van der Waals surface area (Å²) in [4.78, 5) is 0.900. The van der Waals surface area contributed by atoms with E-state index < -0.39 is 37.5 Å². The predicted octanol–water partition coefficient (Wildman–Crippen LogP) is 3.59. The van der Waals surface area contributed by atoms with E-state index in [1.54, 1.807) is 0 Å². The first kappa shape index (κ1) is 16.6. The molecule has 0 bridgehead atoms. The molecule has 0 radical (unpaired) electrons. The van der Waals surface area contributed by atoms with Crippen LogP contribution in [0.5, 0.6) is 0 Å². The lowest BCUT2D eigenvalue weighted by molar-refractivity contribution is -0.137. The van der Waals surface area contributed by atoms with Gasteiger partial charge in [-0.3, -0.25) is 0 Å². The summed E-state index contributed by atoms with van der Waals surface area (Å²) in [5, 5.41) is 8.84. The van der Waals surface area contributed by atoms with E-state index in [9.17, 15) is 26.3 Å². The van der Waals surface area contributed by atoms with Crippen LogP contribution in [0.1, 0.15) is 17.5 Å². The average molecular weight is 301 g/mol. The van der Waals surface area contributed by atoms with Gasteiger partial charge in [0, 0.05) is 19.3 Å². The van der Waals surface area contributed by atoms with Crippen LogP contribution in [0.25, 0.3) is 0 Å². The van der Waals surface area contributed by atoms with Crippen molar-refractivity contribution in [3.8, 4) is 0 Å². The number of hydrogen-bond acceptors (Lipinski definition) is 2. The molecule has 0 aromatic heterocycles. The third kappa shape index (κ3) is 4.59. The third-order valence-electron chi connectivity index (χ3n) is 2.69. The van der Waals surface area contributed by atoms with Crippen molar-refractivity contribution in [3.05, 3.63) is 29.3 Å². The molecule has 20 heavy (non-hydrogen) atoms. The van der Waals surface area contributed by atoms with Gasteiger partial charge >= 0.3 is 12.4 Å². The van der Waals surface area contributed by atoms with Crippen molar-refractivity contribution in [1.29, 1.82) is 0 Å². The monoisotopic (exact) mass is 301 g/mol. The first-order valence-electron chi connectivity index (χ1n) is 5.63. The minimum Gasteiger partial charge on any atom is -0.392 e. The maximum absolute atomic E-state index is 12.9. The van der Waals surface area contributed by atoms with Gasteiger partial charge in [-0.2, -0.15) is 26.3 Å². The molecule has 1 aromatic carbocycles. The molecule has 0 unspecified atom stereocenters. The normalized spacial score (nSPS) is 12.6. The third-order valence-corrected chi connectivity index (χ3v) is 2.69. The average Bonchev–Trinajstić information content (AvgIpc) is 2.33. The van der Waals surface area contributed by atoms with Gasteiger partial charge in [-0.05, 0) is 17.7 Å². The molecule has 0 saturated carbocycles. The highest BCUT2D eigenvalue weighted by Crippen LogP contribution is 2.37. The maximum atomic E-state index is 12.9. The van der Waals surface area contributed by atoms with Crippen LogP contribution in [0.2, 0.25) is 0 Å². The molecular formula is C12H13F6NO. The van der Waals surface area contributed by atoms with Gasteiger partial charge in [0.25, 0.3) is 0 Å². The maximum Gasteiger partial charge on any atom is 0.418 e.